The first-order chi connectivity index (χ1) is 10.2. The van der Waals surface area contributed by atoms with Crippen LogP contribution in [0, 0.1) is 6.92 Å². The normalized spacial score (nSPS) is 15.2. The van der Waals surface area contributed by atoms with E-state index >= 15 is 0 Å². The van der Waals surface area contributed by atoms with E-state index in [4.69, 9.17) is 11.6 Å². The third-order valence-corrected chi connectivity index (χ3v) is 5.89. The van der Waals surface area contributed by atoms with Crippen molar-refractivity contribution < 1.29 is 0 Å². The highest BCUT2D eigenvalue weighted by atomic mass is 35.5. The molecule has 1 atom stereocenters. The molecule has 3 heteroatoms. The first-order valence-corrected chi connectivity index (χ1v) is 8.99. The number of rotatable bonds is 5. The lowest BCUT2D eigenvalue weighted by Gasteiger charge is -2.18. The van der Waals surface area contributed by atoms with Crippen LogP contribution >= 0.6 is 22.9 Å². The SMILES string of the molecule is CCCNC(c1ccc(C)c(Cl)c1)c1cc2c(s1)CCC2. The van der Waals surface area contributed by atoms with E-state index in [2.05, 4.69) is 43.4 Å². The number of halogens is 1. The van der Waals surface area contributed by atoms with Crippen LogP contribution in [0.3, 0.4) is 0 Å². The van der Waals surface area contributed by atoms with Gasteiger partial charge < -0.3 is 5.32 Å². The summed E-state index contributed by atoms with van der Waals surface area (Å²) in [5, 5.41) is 4.55. The summed E-state index contributed by atoms with van der Waals surface area (Å²) < 4.78 is 0. The first kappa shape index (κ1) is 15.1. The Morgan fingerprint density at radius 3 is 2.86 bits per heavy atom. The first-order valence-electron chi connectivity index (χ1n) is 7.80. The molecule has 1 aliphatic rings. The molecule has 0 bridgehead atoms. The fraction of sp³-hybridized carbons (Fsp3) is 0.444. The molecule has 21 heavy (non-hydrogen) atoms. The van der Waals surface area contributed by atoms with Gasteiger partial charge in [0.25, 0.3) is 0 Å². The summed E-state index contributed by atoms with van der Waals surface area (Å²) in [5.41, 5.74) is 3.99. The van der Waals surface area contributed by atoms with E-state index in [0.717, 1.165) is 23.6 Å². The van der Waals surface area contributed by atoms with Crippen molar-refractivity contribution in [3.8, 4) is 0 Å². The Balaban J connectivity index is 1.94. The largest absolute Gasteiger partial charge is 0.306 e. The second-order valence-electron chi connectivity index (χ2n) is 5.85. The van der Waals surface area contributed by atoms with Gasteiger partial charge in [-0.2, -0.15) is 0 Å². The molecular weight excluding hydrogens is 298 g/mol. The Hall–Kier alpha value is -0.830. The van der Waals surface area contributed by atoms with Crippen molar-refractivity contribution in [2.45, 2.75) is 45.6 Å². The van der Waals surface area contributed by atoms with E-state index in [-0.39, 0.29) is 6.04 Å². The molecule has 1 aliphatic carbocycles. The summed E-state index contributed by atoms with van der Waals surface area (Å²) in [7, 11) is 0. The molecule has 1 aromatic carbocycles. The molecule has 0 radical (unpaired) electrons. The van der Waals surface area contributed by atoms with Gasteiger partial charge in [0.1, 0.15) is 0 Å². The van der Waals surface area contributed by atoms with Crippen LogP contribution in [0.4, 0.5) is 0 Å². The minimum Gasteiger partial charge on any atom is -0.306 e. The number of aryl methyl sites for hydroxylation is 3. The molecule has 0 spiro atoms. The molecule has 1 N–H and O–H groups in total. The summed E-state index contributed by atoms with van der Waals surface area (Å²) in [6.07, 6.45) is 4.97. The van der Waals surface area contributed by atoms with Crippen molar-refractivity contribution in [2.24, 2.45) is 0 Å². The van der Waals surface area contributed by atoms with Crippen LogP contribution < -0.4 is 5.32 Å². The van der Waals surface area contributed by atoms with Gasteiger partial charge in [0, 0.05) is 14.8 Å². The van der Waals surface area contributed by atoms with Gasteiger partial charge in [0.05, 0.1) is 6.04 Å². The van der Waals surface area contributed by atoms with Crippen molar-refractivity contribution in [1.29, 1.82) is 0 Å². The van der Waals surface area contributed by atoms with Gasteiger partial charge in [0.15, 0.2) is 0 Å². The number of benzene rings is 1. The zero-order chi connectivity index (χ0) is 14.8. The Bertz CT molecular complexity index is 611. The lowest BCUT2D eigenvalue weighted by molar-refractivity contribution is 0.605. The van der Waals surface area contributed by atoms with Crippen LogP contribution in [0.25, 0.3) is 0 Å². The molecule has 0 saturated heterocycles. The molecule has 2 aromatic rings. The number of thiophene rings is 1. The van der Waals surface area contributed by atoms with Crippen LogP contribution in [-0.2, 0) is 12.8 Å². The molecule has 1 nitrogen and oxygen atoms in total. The summed E-state index contributed by atoms with van der Waals surface area (Å²) in [5.74, 6) is 0. The van der Waals surface area contributed by atoms with Crippen molar-refractivity contribution in [2.75, 3.05) is 6.54 Å². The number of nitrogens with one attached hydrogen (secondary N) is 1. The van der Waals surface area contributed by atoms with Crippen molar-refractivity contribution in [3.63, 3.8) is 0 Å². The lowest BCUT2D eigenvalue weighted by atomic mass is 10.0. The van der Waals surface area contributed by atoms with Crippen molar-refractivity contribution in [3.05, 3.63) is 55.7 Å². The van der Waals surface area contributed by atoms with Crippen LogP contribution in [0.2, 0.25) is 5.02 Å². The molecule has 1 aromatic heterocycles. The van der Waals surface area contributed by atoms with Crippen molar-refractivity contribution >= 4 is 22.9 Å². The maximum Gasteiger partial charge on any atom is 0.0671 e. The van der Waals surface area contributed by atoms with E-state index in [1.165, 1.54) is 29.7 Å². The second kappa shape index (κ2) is 6.51. The van der Waals surface area contributed by atoms with Gasteiger partial charge in [-0.15, -0.1) is 11.3 Å². The number of hydrogen-bond acceptors (Lipinski definition) is 2. The van der Waals surface area contributed by atoms with Gasteiger partial charge >= 0.3 is 0 Å². The Kier molecular flexibility index (Phi) is 4.68. The van der Waals surface area contributed by atoms with E-state index in [9.17, 15) is 0 Å². The predicted octanol–water partition coefficient (Wildman–Crippen LogP) is 5.29. The third kappa shape index (κ3) is 3.18. The maximum atomic E-state index is 6.33. The molecule has 0 fully saturated rings. The van der Waals surface area contributed by atoms with Crippen LogP contribution in [0.15, 0.2) is 24.3 Å². The highest BCUT2D eigenvalue weighted by Crippen LogP contribution is 2.36. The van der Waals surface area contributed by atoms with Gasteiger partial charge in [-0.25, -0.2) is 0 Å². The summed E-state index contributed by atoms with van der Waals surface area (Å²) in [6.45, 7) is 5.29. The van der Waals surface area contributed by atoms with Gasteiger partial charge in [-0.1, -0.05) is 30.7 Å². The molecule has 112 valence electrons. The van der Waals surface area contributed by atoms with Crippen LogP contribution in [0.5, 0.6) is 0 Å². The zero-order valence-electron chi connectivity index (χ0n) is 12.7. The molecule has 3 rings (SSSR count). The molecule has 0 amide bonds. The van der Waals surface area contributed by atoms with Gasteiger partial charge in [-0.3, -0.25) is 0 Å². The lowest BCUT2D eigenvalue weighted by Crippen LogP contribution is -2.22. The quantitative estimate of drug-likeness (QED) is 0.789. The smallest absolute Gasteiger partial charge is 0.0671 e. The van der Waals surface area contributed by atoms with E-state index < -0.39 is 0 Å². The summed E-state index contributed by atoms with van der Waals surface area (Å²) >= 11 is 8.31. The fourth-order valence-electron chi connectivity index (χ4n) is 2.95. The highest BCUT2D eigenvalue weighted by Gasteiger charge is 2.21. The fourth-order valence-corrected chi connectivity index (χ4v) is 4.50. The Morgan fingerprint density at radius 2 is 2.14 bits per heavy atom. The molecule has 0 aliphatic heterocycles. The van der Waals surface area contributed by atoms with Gasteiger partial charge in [-0.05, 0) is 68.0 Å². The van der Waals surface area contributed by atoms with Crippen LogP contribution in [-0.4, -0.2) is 6.54 Å². The minimum atomic E-state index is 0.277. The van der Waals surface area contributed by atoms with E-state index in [1.807, 2.05) is 11.3 Å². The standard InChI is InChI=1S/C18H22ClNS/c1-3-9-20-18(14-8-7-12(2)15(19)10-14)17-11-13-5-4-6-16(13)21-17/h7-8,10-11,18,20H,3-6,9H2,1-2H3. The maximum absolute atomic E-state index is 6.33. The number of fused-ring (bicyclic) bond motifs is 1. The summed E-state index contributed by atoms with van der Waals surface area (Å²) in [6, 6.07) is 9.14. The Labute approximate surface area is 136 Å². The third-order valence-electron chi connectivity index (χ3n) is 4.18. The average Bonchev–Trinajstić information content (AvgIpc) is 3.04. The average molecular weight is 320 g/mol. The molecular formula is C18H22ClNS. The summed E-state index contributed by atoms with van der Waals surface area (Å²) in [4.78, 5) is 3.03. The monoisotopic (exact) mass is 319 g/mol. The zero-order valence-corrected chi connectivity index (χ0v) is 14.3. The Morgan fingerprint density at radius 1 is 1.29 bits per heavy atom. The van der Waals surface area contributed by atoms with Gasteiger partial charge in [0.2, 0.25) is 0 Å². The highest BCUT2D eigenvalue weighted by molar-refractivity contribution is 7.12. The van der Waals surface area contributed by atoms with Crippen LogP contribution in [0.1, 0.15) is 52.3 Å². The molecule has 0 saturated carbocycles. The second-order valence-corrected chi connectivity index (χ2v) is 7.42. The van der Waals surface area contributed by atoms with Crippen molar-refractivity contribution in [1.82, 2.24) is 5.32 Å². The predicted molar refractivity (Wildman–Crippen MR) is 92.7 cm³/mol. The molecule has 1 heterocycles. The van der Waals surface area contributed by atoms with E-state index in [1.54, 1.807) is 10.4 Å². The topological polar surface area (TPSA) is 12.0 Å². The minimum absolute atomic E-state index is 0.277. The number of hydrogen-bond donors (Lipinski definition) is 1. The van der Waals surface area contributed by atoms with E-state index in [0.29, 0.717) is 0 Å². The molecule has 1 unspecified atom stereocenters.